The van der Waals surface area contributed by atoms with Crippen molar-refractivity contribution >= 4 is 0 Å². The molecule has 0 amide bonds. The molecule has 3 nitrogen and oxygen atoms in total. The molecule has 0 atom stereocenters. The lowest BCUT2D eigenvalue weighted by atomic mass is 9.96. The van der Waals surface area contributed by atoms with Crippen LogP contribution in [0.3, 0.4) is 0 Å². The van der Waals surface area contributed by atoms with Gasteiger partial charge in [-0.25, -0.2) is 0 Å². The number of nitrogens with zero attached hydrogens (tertiary/aromatic N) is 1. The van der Waals surface area contributed by atoms with E-state index in [2.05, 4.69) is 23.4 Å². The summed E-state index contributed by atoms with van der Waals surface area (Å²) in [6, 6.07) is 0. The summed E-state index contributed by atoms with van der Waals surface area (Å²) in [5.41, 5.74) is 0. The summed E-state index contributed by atoms with van der Waals surface area (Å²) in [7, 11) is 0. The Morgan fingerprint density at radius 1 is 1.06 bits per heavy atom. The molecule has 2 aliphatic heterocycles. The third-order valence-electron chi connectivity index (χ3n) is 3.53. The zero-order valence-corrected chi connectivity index (χ0v) is 12.3. The van der Waals surface area contributed by atoms with Crippen LogP contribution in [0.15, 0.2) is 13.2 Å². The van der Waals surface area contributed by atoms with Crippen molar-refractivity contribution in [3.05, 3.63) is 13.2 Å². The third kappa shape index (κ3) is 7.14. The molecular formula is C15H32N2O. The fourth-order valence-electron chi connectivity index (χ4n) is 2.53. The summed E-state index contributed by atoms with van der Waals surface area (Å²) in [6.07, 6.45) is 4.59. The van der Waals surface area contributed by atoms with E-state index in [0.717, 1.165) is 31.8 Å². The van der Waals surface area contributed by atoms with Crippen LogP contribution in [0.2, 0.25) is 0 Å². The summed E-state index contributed by atoms with van der Waals surface area (Å²) >= 11 is 0. The topological polar surface area (TPSA) is 35.5 Å². The normalized spacial score (nSPS) is 22.4. The fraction of sp³-hybridized carbons (Fsp3) is 0.867. The van der Waals surface area contributed by atoms with Crippen LogP contribution >= 0.6 is 0 Å². The monoisotopic (exact) mass is 256 g/mol. The lowest BCUT2D eigenvalue weighted by Gasteiger charge is -2.33. The minimum absolute atomic E-state index is 0.0285. The van der Waals surface area contributed by atoms with Gasteiger partial charge >= 0.3 is 0 Å². The molecule has 3 heteroatoms. The summed E-state index contributed by atoms with van der Waals surface area (Å²) in [6.45, 7) is 15.9. The van der Waals surface area contributed by atoms with Crippen molar-refractivity contribution in [2.45, 2.75) is 45.6 Å². The molecule has 0 radical (unpaired) electrons. The van der Waals surface area contributed by atoms with Crippen LogP contribution in [0, 0.1) is 5.92 Å². The van der Waals surface area contributed by atoms with Gasteiger partial charge in [-0.1, -0.05) is 13.8 Å². The van der Waals surface area contributed by atoms with Gasteiger partial charge in [0.1, 0.15) is 0 Å². The fourth-order valence-corrected chi connectivity index (χ4v) is 2.53. The van der Waals surface area contributed by atoms with Gasteiger partial charge in [0.2, 0.25) is 0 Å². The van der Waals surface area contributed by atoms with Crippen molar-refractivity contribution in [3.63, 3.8) is 0 Å². The zero-order chi connectivity index (χ0) is 13.8. The zero-order valence-electron chi connectivity index (χ0n) is 12.3. The Balaban J connectivity index is 0.000000659. The Labute approximate surface area is 113 Å². The van der Waals surface area contributed by atoms with Crippen molar-refractivity contribution < 1.29 is 5.11 Å². The van der Waals surface area contributed by atoms with E-state index in [9.17, 15) is 5.11 Å². The van der Waals surface area contributed by atoms with E-state index in [1.807, 2.05) is 13.8 Å². The molecule has 0 spiro atoms. The number of rotatable bonds is 2. The summed E-state index contributed by atoms with van der Waals surface area (Å²) in [5.74, 6) is 0.895. The SMILES string of the molecule is C=C.CC.OC1CCN(CC2CCNCC2)CC1. The molecule has 2 rings (SSSR count). The average molecular weight is 256 g/mol. The molecule has 2 aliphatic rings. The van der Waals surface area contributed by atoms with Crippen molar-refractivity contribution in [1.29, 1.82) is 0 Å². The first kappa shape index (κ1) is 17.6. The maximum Gasteiger partial charge on any atom is 0.0564 e. The van der Waals surface area contributed by atoms with Gasteiger partial charge in [-0.2, -0.15) is 0 Å². The predicted molar refractivity (Wildman–Crippen MR) is 79.9 cm³/mol. The average Bonchev–Trinajstić information content (AvgIpc) is 2.47. The summed E-state index contributed by atoms with van der Waals surface area (Å²) in [4.78, 5) is 2.53. The first-order chi connectivity index (χ1) is 8.84. The highest BCUT2D eigenvalue weighted by Gasteiger charge is 2.21. The Kier molecular flexibility index (Phi) is 11.4. The molecule has 2 saturated heterocycles. The molecule has 0 aliphatic carbocycles. The van der Waals surface area contributed by atoms with Crippen molar-refractivity contribution in [2.75, 3.05) is 32.7 Å². The molecule has 0 bridgehead atoms. The molecule has 0 aromatic carbocycles. The number of nitrogens with one attached hydrogen (secondary N) is 1. The van der Waals surface area contributed by atoms with Crippen LogP contribution in [-0.2, 0) is 0 Å². The number of hydrogen-bond acceptors (Lipinski definition) is 3. The molecule has 18 heavy (non-hydrogen) atoms. The van der Waals surface area contributed by atoms with E-state index >= 15 is 0 Å². The van der Waals surface area contributed by atoms with Gasteiger partial charge in [0, 0.05) is 19.6 Å². The highest BCUT2D eigenvalue weighted by molar-refractivity contribution is 4.76. The molecular weight excluding hydrogens is 224 g/mol. The Bertz CT molecular complexity index is 173. The summed E-state index contributed by atoms with van der Waals surface area (Å²) < 4.78 is 0. The highest BCUT2D eigenvalue weighted by Crippen LogP contribution is 2.17. The van der Waals surface area contributed by atoms with E-state index in [1.165, 1.54) is 32.5 Å². The van der Waals surface area contributed by atoms with Crippen LogP contribution < -0.4 is 5.32 Å². The smallest absolute Gasteiger partial charge is 0.0564 e. The van der Waals surface area contributed by atoms with Gasteiger partial charge in [0.25, 0.3) is 0 Å². The molecule has 0 aromatic heterocycles. The van der Waals surface area contributed by atoms with Gasteiger partial charge in [0.15, 0.2) is 0 Å². The molecule has 0 unspecified atom stereocenters. The second-order valence-corrected chi connectivity index (χ2v) is 4.73. The quantitative estimate of drug-likeness (QED) is 0.744. The Morgan fingerprint density at radius 2 is 1.56 bits per heavy atom. The van der Waals surface area contributed by atoms with Crippen LogP contribution in [0.5, 0.6) is 0 Å². The second-order valence-electron chi connectivity index (χ2n) is 4.73. The number of aliphatic hydroxyl groups excluding tert-OH is 1. The lowest BCUT2D eigenvalue weighted by molar-refractivity contribution is 0.0717. The number of likely N-dealkylation sites (tertiary alicyclic amines) is 1. The molecule has 2 heterocycles. The van der Waals surface area contributed by atoms with Crippen LogP contribution in [0.25, 0.3) is 0 Å². The maximum atomic E-state index is 9.40. The van der Waals surface area contributed by atoms with E-state index in [4.69, 9.17) is 0 Å². The standard InChI is InChI=1S/C11H22N2O.C2H6.C2H4/c14-11-3-7-13(8-4-11)9-10-1-5-12-6-2-10;2*1-2/h10-12,14H,1-9H2;1-2H3;1-2H2. The van der Waals surface area contributed by atoms with Crippen molar-refractivity contribution in [3.8, 4) is 0 Å². The number of hydrogen-bond donors (Lipinski definition) is 2. The van der Waals surface area contributed by atoms with Crippen molar-refractivity contribution in [1.82, 2.24) is 10.2 Å². The predicted octanol–water partition coefficient (Wildman–Crippen LogP) is 2.27. The van der Waals surface area contributed by atoms with E-state index in [0.29, 0.717) is 0 Å². The molecule has 108 valence electrons. The van der Waals surface area contributed by atoms with Crippen LogP contribution in [-0.4, -0.2) is 48.8 Å². The van der Waals surface area contributed by atoms with Crippen LogP contribution in [0.4, 0.5) is 0 Å². The first-order valence-electron chi connectivity index (χ1n) is 7.46. The number of piperidine rings is 2. The van der Waals surface area contributed by atoms with Gasteiger partial charge in [-0.15, -0.1) is 13.2 Å². The van der Waals surface area contributed by atoms with E-state index in [-0.39, 0.29) is 6.10 Å². The van der Waals surface area contributed by atoms with Gasteiger partial charge in [0.05, 0.1) is 6.10 Å². The molecule has 0 aromatic rings. The Hall–Kier alpha value is -0.380. The highest BCUT2D eigenvalue weighted by atomic mass is 16.3. The van der Waals surface area contributed by atoms with E-state index in [1.54, 1.807) is 0 Å². The molecule has 2 N–H and O–H groups in total. The van der Waals surface area contributed by atoms with Gasteiger partial charge < -0.3 is 15.3 Å². The summed E-state index contributed by atoms with van der Waals surface area (Å²) in [5, 5.41) is 12.8. The third-order valence-corrected chi connectivity index (χ3v) is 3.53. The van der Waals surface area contributed by atoms with Gasteiger partial charge in [-0.3, -0.25) is 0 Å². The number of aliphatic hydroxyl groups is 1. The molecule has 0 saturated carbocycles. The molecule has 2 fully saturated rings. The minimum atomic E-state index is -0.0285. The first-order valence-corrected chi connectivity index (χ1v) is 7.46. The minimum Gasteiger partial charge on any atom is -0.393 e. The van der Waals surface area contributed by atoms with Gasteiger partial charge in [-0.05, 0) is 44.7 Å². The van der Waals surface area contributed by atoms with Crippen LogP contribution in [0.1, 0.15) is 39.5 Å². The second kappa shape index (κ2) is 11.7. The largest absolute Gasteiger partial charge is 0.393 e. The Morgan fingerprint density at radius 3 is 2.06 bits per heavy atom. The van der Waals surface area contributed by atoms with E-state index < -0.39 is 0 Å². The lowest BCUT2D eigenvalue weighted by Crippen LogP contribution is -2.41. The maximum absolute atomic E-state index is 9.40. The van der Waals surface area contributed by atoms with Crippen molar-refractivity contribution in [2.24, 2.45) is 5.92 Å².